The van der Waals surface area contributed by atoms with E-state index >= 15 is 0 Å². The summed E-state index contributed by atoms with van der Waals surface area (Å²) in [4.78, 5) is 15.4. The molecule has 2 rings (SSSR count). The molecule has 1 atom stereocenters. The zero-order chi connectivity index (χ0) is 17.0. The number of amides is 1. The lowest BCUT2D eigenvalue weighted by molar-refractivity contribution is -0.114. The number of primary amides is 1. The van der Waals surface area contributed by atoms with Gasteiger partial charge in [0.15, 0.2) is 0 Å². The van der Waals surface area contributed by atoms with E-state index in [2.05, 4.69) is 16.3 Å². The molecule has 0 fully saturated rings. The average molecular weight is 331 g/mol. The van der Waals surface area contributed by atoms with E-state index in [9.17, 15) is 13.2 Å². The molecular formula is C16H17N3O3S. The molecule has 0 aliphatic carbocycles. The van der Waals surface area contributed by atoms with Crippen LogP contribution in [0, 0.1) is 6.92 Å². The van der Waals surface area contributed by atoms with Crippen LogP contribution in [0.1, 0.15) is 17.2 Å². The number of sulfonamides is 1. The predicted molar refractivity (Wildman–Crippen MR) is 86.8 cm³/mol. The summed E-state index contributed by atoms with van der Waals surface area (Å²) < 4.78 is 27.5. The van der Waals surface area contributed by atoms with Gasteiger partial charge in [-0.25, -0.2) is 8.42 Å². The maximum atomic E-state index is 12.5. The number of pyridine rings is 1. The minimum Gasteiger partial charge on any atom is -0.366 e. The summed E-state index contributed by atoms with van der Waals surface area (Å²) in [7, 11) is -3.84. The molecule has 1 heterocycles. The number of nitrogens with zero attached hydrogens (tertiary/aromatic N) is 1. The summed E-state index contributed by atoms with van der Waals surface area (Å²) in [6, 6.07) is 8.61. The summed E-state index contributed by atoms with van der Waals surface area (Å²) in [5, 5.41) is 0. The molecule has 3 N–H and O–H groups in total. The third kappa shape index (κ3) is 4.02. The third-order valence-electron chi connectivity index (χ3n) is 3.31. The molecule has 0 bridgehead atoms. The SMILES string of the molecule is C=C(C(N)=O)C(NS(=O)(=O)c1ccc(C)cc1)c1ccncc1. The van der Waals surface area contributed by atoms with Gasteiger partial charge in [0.25, 0.3) is 0 Å². The standard InChI is InChI=1S/C16H17N3O3S/c1-11-3-5-14(6-4-11)23(21,22)19-15(12(2)16(17)20)13-7-9-18-10-8-13/h3-10,15,19H,2H2,1H3,(H2,17,20). The van der Waals surface area contributed by atoms with Gasteiger partial charge in [-0.15, -0.1) is 0 Å². The van der Waals surface area contributed by atoms with E-state index in [0.717, 1.165) is 5.56 Å². The Morgan fingerprint density at radius 2 is 1.74 bits per heavy atom. The molecule has 0 aliphatic heterocycles. The summed E-state index contributed by atoms with van der Waals surface area (Å²) in [6.07, 6.45) is 2.99. The minimum atomic E-state index is -3.84. The Kier molecular flexibility index (Phi) is 4.92. The first-order chi connectivity index (χ1) is 10.8. The van der Waals surface area contributed by atoms with E-state index < -0.39 is 22.0 Å². The summed E-state index contributed by atoms with van der Waals surface area (Å²) >= 11 is 0. The van der Waals surface area contributed by atoms with Gasteiger partial charge in [-0.2, -0.15) is 4.72 Å². The van der Waals surface area contributed by atoms with Crippen LogP contribution in [0.5, 0.6) is 0 Å². The number of aryl methyl sites for hydroxylation is 1. The highest BCUT2D eigenvalue weighted by atomic mass is 32.2. The second-order valence-corrected chi connectivity index (χ2v) is 6.75. The van der Waals surface area contributed by atoms with E-state index in [1.807, 2.05) is 6.92 Å². The van der Waals surface area contributed by atoms with Gasteiger partial charge in [-0.1, -0.05) is 24.3 Å². The lowest BCUT2D eigenvalue weighted by Crippen LogP contribution is -2.33. The molecule has 1 amide bonds. The number of rotatable bonds is 6. The van der Waals surface area contributed by atoms with Gasteiger partial charge < -0.3 is 5.73 Å². The smallest absolute Gasteiger partial charge is 0.246 e. The lowest BCUT2D eigenvalue weighted by atomic mass is 10.0. The number of hydrogen-bond donors (Lipinski definition) is 2. The first kappa shape index (κ1) is 16.9. The first-order valence-electron chi connectivity index (χ1n) is 6.79. The van der Waals surface area contributed by atoms with Gasteiger partial charge in [-0.3, -0.25) is 9.78 Å². The third-order valence-corrected chi connectivity index (χ3v) is 4.75. The van der Waals surface area contributed by atoms with Crippen molar-refractivity contribution in [3.05, 3.63) is 72.1 Å². The van der Waals surface area contributed by atoms with Gasteiger partial charge in [0.2, 0.25) is 15.9 Å². The number of nitrogens with two attached hydrogens (primary N) is 1. The molecular weight excluding hydrogens is 314 g/mol. The van der Waals surface area contributed by atoms with E-state index in [4.69, 9.17) is 5.73 Å². The topological polar surface area (TPSA) is 102 Å². The Hall–Kier alpha value is -2.51. The highest BCUT2D eigenvalue weighted by Crippen LogP contribution is 2.23. The highest BCUT2D eigenvalue weighted by molar-refractivity contribution is 7.89. The van der Waals surface area contributed by atoms with Crippen molar-refractivity contribution in [3.63, 3.8) is 0 Å². The predicted octanol–water partition coefficient (Wildman–Crippen LogP) is 1.45. The van der Waals surface area contributed by atoms with Crippen molar-refractivity contribution < 1.29 is 13.2 Å². The van der Waals surface area contributed by atoms with E-state index in [-0.39, 0.29) is 10.5 Å². The number of benzene rings is 1. The van der Waals surface area contributed by atoms with Gasteiger partial charge in [0, 0.05) is 18.0 Å². The van der Waals surface area contributed by atoms with Crippen molar-refractivity contribution in [1.29, 1.82) is 0 Å². The molecule has 1 unspecified atom stereocenters. The molecule has 0 aliphatic rings. The number of hydrogen-bond acceptors (Lipinski definition) is 4. The van der Waals surface area contributed by atoms with Crippen molar-refractivity contribution in [2.45, 2.75) is 17.9 Å². The molecule has 1 aromatic carbocycles. The van der Waals surface area contributed by atoms with Gasteiger partial charge in [-0.05, 0) is 36.8 Å². The molecule has 6 nitrogen and oxygen atoms in total. The van der Waals surface area contributed by atoms with Crippen LogP contribution >= 0.6 is 0 Å². The van der Waals surface area contributed by atoms with Crippen LogP contribution in [0.4, 0.5) is 0 Å². The number of carbonyl (C=O) groups excluding carboxylic acids is 1. The summed E-state index contributed by atoms with van der Waals surface area (Å²) in [5.41, 5.74) is 6.68. The molecule has 0 radical (unpaired) electrons. The van der Waals surface area contributed by atoms with E-state index in [1.165, 1.54) is 24.5 Å². The molecule has 0 saturated carbocycles. The van der Waals surface area contributed by atoms with Crippen LogP contribution in [-0.2, 0) is 14.8 Å². The molecule has 7 heteroatoms. The Morgan fingerprint density at radius 1 is 1.17 bits per heavy atom. The molecule has 1 aromatic heterocycles. The Balaban J connectivity index is 2.39. The maximum Gasteiger partial charge on any atom is 0.246 e. The number of nitrogens with one attached hydrogen (secondary N) is 1. The Labute approximate surface area is 135 Å². The van der Waals surface area contributed by atoms with Crippen LogP contribution in [0.15, 0.2) is 65.8 Å². The second kappa shape index (κ2) is 6.72. The van der Waals surface area contributed by atoms with Gasteiger partial charge in [0.05, 0.1) is 10.9 Å². The van der Waals surface area contributed by atoms with Crippen molar-refractivity contribution in [2.75, 3.05) is 0 Å². The molecule has 23 heavy (non-hydrogen) atoms. The zero-order valence-corrected chi connectivity index (χ0v) is 13.4. The van der Waals surface area contributed by atoms with Crippen LogP contribution in [-0.4, -0.2) is 19.3 Å². The summed E-state index contributed by atoms with van der Waals surface area (Å²) in [6.45, 7) is 5.46. The van der Waals surface area contributed by atoms with Crippen LogP contribution < -0.4 is 10.5 Å². The zero-order valence-electron chi connectivity index (χ0n) is 12.6. The largest absolute Gasteiger partial charge is 0.366 e. The fraction of sp³-hybridized carbons (Fsp3) is 0.125. The normalized spacial score (nSPS) is 12.6. The fourth-order valence-corrected chi connectivity index (χ4v) is 3.20. The average Bonchev–Trinajstić information content (AvgIpc) is 2.53. The quantitative estimate of drug-likeness (QED) is 0.782. The van der Waals surface area contributed by atoms with Crippen LogP contribution in [0.25, 0.3) is 0 Å². The lowest BCUT2D eigenvalue weighted by Gasteiger charge is -2.19. The van der Waals surface area contributed by atoms with Crippen LogP contribution in [0.3, 0.4) is 0 Å². The van der Waals surface area contributed by atoms with E-state index in [0.29, 0.717) is 5.56 Å². The van der Waals surface area contributed by atoms with Crippen molar-refractivity contribution in [1.82, 2.24) is 9.71 Å². The van der Waals surface area contributed by atoms with Crippen molar-refractivity contribution >= 4 is 15.9 Å². The fourth-order valence-electron chi connectivity index (χ4n) is 1.98. The second-order valence-electron chi connectivity index (χ2n) is 5.04. The van der Waals surface area contributed by atoms with Crippen molar-refractivity contribution in [2.24, 2.45) is 5.73 Å². The first-order valence-corrected chi connectivity index (χ1v) is 8.27. The van der Waals surface area contributed by atoms with Gasteiger partial charge in [0.1, 0.15) is 0 Å². The maximum absolute atomic E-state index is 12.5. The molecule has 120 valence electrons. The van der Waals surface area contributed by atoms with Gasteiger partial charge >= 0.3 is 0 Å². The number of aromatic nitrogens is 1. The van der Waals surface area contributed by atoms with E-state index in [1.54, 1.807) is 24.3 Å². The summed E-state index contributed by atoms with van der Waals surface area (Å²) in [5.74, 6) is -0.779. The highest BCUT2D eigenvalue weighted by Gasteiger charge is 2.25. The van der Waals surface area contributed by atoms with Crippen molar-refractivity contribution in [3.8, 4) is 0 Å². The number of carbonyl (C=O) groups is 1. The van der Waals surface area contributed by atoms with Crippen LogP contribution in [0.2, 0.25) is 0 Å². The Bertz CT molecular complexity index is 815. The monoisotopic (exact) mass is 331 g/mol. The molecule has 2 aromatic rings. The minimum absolute atomic E-state index is 0.0492. The molecule has 0 saturated heterocycles. The molecule has 0 spiro atoms. The Morgan fingerprint density at radius 3 is 2.26 bits per heavy atom.